The number of hydrogen-bond acceptors (Lipinski definition) is 4. The summed E-state index contributed by atoms with van der Waals surface area (Å²) in [6.45, 7) is 11.3. The molecule has 0 spiro atoms. The molecule has 0 N–H and O–H groups in total. The molecule has 1 heterocycles. The minimum absolute atomic E-state index is 0.0395. The van der Waals surface area contributed by atoms with E-state index in [0.717, 1.165) is 34.7 Å². The maximum absolute atomic E-state index is 13.4. The zero-order chi connectivity index (χ0) is 25.8. The van der Waals surface area contributed by atoms with Crippen molar-refractivity contribution >= 4 is 11.6 Å². The topological polar surface area (TPSA) is 45.9 Å². The lowest BCUT2D eigenvalue weighted by Crippen LogP contribution is -2.36. The Bertz CT molecular complexity index is 1130. The molecule has 0 saturated carbocycles. The van der Waals surface area contributed by atoms with Gasteiger partial charge in [0.2, 0.25) is 0 Å². The van der Waals surface area contributed by atoms with E-state index in [9.17, 15) is 4.79 Å². The number of hydrogen-bond donors (Lipinski definition) is 0. The molecule has 0 aliphatic rings. The van der Waals surface area contributed by atoms with E-state index in [1.54, 1.807) is 13.2 Å². The van der Waals surface area contributed by atoms with Crippen LogP contribution in [0.2, 0.25) is 0 Å². The van der Waals surface area contributed by atoms with Crippen molar-refractivity contribution in [3.63, 3.8) is 0 Å². The van der Waals surface area contributed by atoms with Gasteiger partial charge in [0.1, 0.15) is 11.5 Å². The van der Waals surface area contributed by atoms with Crippen LogP contribution >= 0.6 is 0 Å². The minimum atomic E-state index is -0.101. The quantitative estimate of drug-likeness (QED) is 0.327. The average Bonchev–Trinajstić information content (AvgIpc) is 3.30. The Morgan fingerprint density at radius 1 is 1.03 bits per heavy atom. The summed E-state index contributed by atoms with van der Waals surface area (Å²) in [5, 5.41) is 0. The van der Waals surface area contributed by atoms with Crippen LogP contribution in [-0.4, -0.2) is 38.1 Å². The van der Waals surface area contributed by atoms with Gasteiger partial charge in [-0.1, -0.05) is 45.0 Å². The number of methoxy groups -OCH3 is 1. The van der Waals surface area contributed by atoms with E-state index in [-0.39, 0.29) is 17.4 Å². The van der Waals surface area contributed by atoms with E-state index in [4.69, 9.17) is 9.15 Å². The first kappa shape index (κ1) is 26.4. The van der Waals surface area contributed by atoms with Gasteiger partial charge in [-0.2, -0.15) is 0 Å². The van der Waals surface area contributed by atoms with Crippen LogP contribution in [0.3, 0.4) is 0 Å². The molecule has 0 bridgehead atoms. The largest absolute Gasteiger partial charge is 0.496 e. The van der Waals surface area contributed by atoms with Gasteiger partial charge in [0.25, 0.3) is 5.91 Å². The van der Waals surface area contributed by atoms with Crippen LogP contribution in [0, 0.1) is 0 Å². The fourth-order valence-corrected chi connectivity index (χ4v) is 4.04. The molecule has 1 aromatic heterocycles. The number of carbonyl (C=O) groups excluding carboxylic acids is 1. The molecule has 5 heteroatoms. The van der Waals surface area contributed by atoms with E-state index in [0.29, 0.717) is 18.7 Å². The fraction of sp³-hybridized carbons (Fsp3) is 0.433. The third-order valence-corrected chi connectivity index (χ3v) is 6.87. The first-order chi connectivity index (χ1) is 16.6. The Labute approximate surface area is 210 Å². The molecular weight excluding hydrogens is 436 g/mol. The number of rotatable bonds is 10. The molecule has 0 fully saturated rings. The highest BCUT2D eigenvalue weighted by atomic mass is 16.5. The predicted molar refractivity (Wildman–Crippen MR) is 144 cm³/mol. The number of carbonyl (C=O) groups is 1. The lowest BCUT2D eigenvalue weighted by atomic mass is 9.81. The molecule has 0 unspecified atom stereocenters. The Hall–Kier alpha value is -3.21. The van der Waals surface area contributed by atoms with Gasteiger partial charge in [0, 0.05) is 44.4 Å². The van der Waals surface area contributed by atoms with Crippen molar-refractivity contribution < 1.29 is 13.9 Å². The van der Waals surface area contributed by atoms with Crippen molar-refractivity contribution in [2.24, 2.45) is 0 Å². The van der Waals surface area contributed by atoms with Crippen LogP contribution in [0.25, 0.3) is 0 Å². The molecule has 35 heavy (non-hydrogen) atoms. The smallest absolute Gasteiger partial charge is 0.290 e. The maximum atomic E-state index is 13.4. The molecule has 1 amide bonds. The summed E-state index contributed by atoms with van der Waals surface area (Å²) in [6.07, 6.45) is 1.61. The second kappa shape index (κ2) is 11.0. The Morgan fingerprint density at radius 3 is 2.29 bits per heavy atom. The number of amides is 1. The van der Waals surface area contributed by atoms with Crippen molar-refractivity contribution in [3.05, 3.63) is 82.8 Å². The highest BCUT2D eigenvalue weighted by Gasteiger charge is 2.23. The number of ether oxygens (including phenoxy) is 1. The molecule has 3 aromatic rings. The lowest BCUT2D eigenvalue weighted by molar-refractivity contribution is 0.0656. The van der Waals surface area contributed by atoms with Crippen LogP contribution in [0.15, 0.2) is 59.0 Å². The summed E-state index contributed by atoms with van der Waals surface area (Å²) in [4.78, 5) is 17.3. The van der Waals surface area contributed by atoms with Crippen LogP contribution < -0.4 is 9.64 Å². The minimum Gasteiger partial charge on any atom is -0.496 e. The second-order valence-corrected chi connectivity index (χ2v) is 10.3. The van der Waals surface area contributed by atoms with Crippen molar-refractivity contribution in [2.75, 3.05) is 26.1 Å². The molecule has 5 nitrogen and oxygen atoms in total. The van der Waals surface area contributed by atoms with Gasteiger partial charge in [-0.15, -0.1) is 0 Å². The van der Waals surface area contributed by atoms with Crippen LogP contribution in [0.1, 0.15) is 74.0 Å². The second-order valence-electron chi connectivity index (χ2n) is 10.3. The third-order valence-electron chi connectivity index (χ3n) is 6.87. The van der Waals surface area contributed by atoms with Gasteiger partial charge in [0.15, 0.2) is 5.76 Å². The van der Waals surface area contributed by atoms with Gasteiger partial charge in [-0.25, -0.2) is 0 Å². The summed E-state index contributed by atoms with van der Waals surface area (Å²) < 4.78 is 11.7. The number of nitrogens with zero attached hydrogens (tertiary/aromatic N) is 2. The van der Waals surface area contributed by atoms with Crippen molar-refractivity contribution in [1.29, 1.82) is 0 Å². The molecular formula is C30H40N2O3. The van der Waals surface area contributed by atoms with E-state index >= 15 is 0 Å². The Kier molecular flexibility index (Phi) is 8.31. The number of benzene rings is 2. The van der Waals surface area contributed by atoms with Crippen LogP contribution in [0.5, 0.6) is 5.75 Å². The molecule has 0 aliphatic carbocycles. The van der Waals surface area contributed by atoms with E-state index < -0.39 is 0 Å². The molecule has 0 saturated heterocycles. The molecule has 3 rings (SSSR count). The molecule has 0 radical (unpaired) electrons. The zero-order valence-corrected chi connectivity index (χ0v) is 22.5. The lowest BCUT2D eigenvalue weighted by Gasteiger charge is -2.26. The summed E-state index contributed by atoms with van der Waals surface area (Å²) in [5.74, 6) is 1.84. The van der Waals surface area contributed by atoms with Gasteiger partial charge >= 0.3 is 0 Å². The summed E-state index contributed by atoms with van der Waals surface area (Å²) in [6, 6.07) is 18.4. The highest BCUT2D eigenvalue weighted by Crippen LogP contribution is 2.32. The highest BCUT2D eigenvalue weighted by molar-refractivity contribution is 5.91. The van der Waals surface area contributed by atoms with E-state index in [2.05, 4.69) is 62.1 Å². The van der Waals surface area contributed by atoms with Gasteiger partial charge < -0.3 is 19.0 Å². The number of anilines is 1. The van der Waals surface area contributed by atoms with Crippen molar-refractivity contribution in [2.45, 2.75) is 65.5 Å². The maximum Gasteiger partial charge on any atom is 0.290 e. The SMILES string of the molecule is CCC(C)(C)c1ccc(OC)c(Cc2ccc(C(=O)N(Cc3ccc(N(C)C)cc3)C(C)C)o2)c1. The van der Waals surface area contributed by atoms with Crippen LogP contribution in [-0.2, 0) is 18.4 Å². The summed E-state index contributed by atoms with van der Waals surface area (Å²) in [7, 11) is 5.72. The normalized spacial score (nSPS) is 11.6. The molecule has 188 valence electrons. The van der Waals surface area contributed by atoms with E-state index in [1.165, 1.54) is 5.56 Å². The summed E-state index contributed by atoms with van der Waals surface area (Å²) in [5.41, 5.74) is 4.62. The van der Waals surface area contributed by atoms with Crippen molar-refractivity contribution in [1.82, 2.24) is 4.90 Å². The van der Waals surface area contributed by atoms with Gasteiger partial charge in [-0.3, -0.25) is 4.79 Å². The van der Waals surface area contributed by atoms with E-state index in [1.807, 2.05) is 45.0 Å². The third kappa shape index (κ3) is 6.27. The zero-order valence-electron chi connectivity index (χ0n) is 22.5. The van der Waals surface area contributed by atoms with Gasteiger partial charge in [-0.05, 0) is 67.1 Å². The summed E-state index contributed by atoms with van der Waals surface area (Å²) >= 11 is 0. The Balaban J connectivity index is 1.80. The Morgan fingerprint density at radius 2 is 1.71 bits per heavy atom. The average molecular weight is 477 g/mol. The first-order valence-corrected chi connectivity index (χ1v) is 12.4. The van der Waals surface area contributed by atoms with Gasteiger partial charge in [0.05, 0.1) is 7.11 Å². The predicted octanol–water partition coefficient (Wildman–Crippen LogP) is 6.68. The fourth-order valence-electron chi connectivity index (χ4n) is 4.04. The first-order valence-electron chi connectivity index (χ1n) is 12.4. The number of furan rings is 1. The monoisotopic (exact) mass is 476 g/mol. The van der Waals surface area contributed by atoms with Crippen molar-refractivity contribution in [3.8, 4) is 5.75 Å². The molecule has 2 aromatic carbocycles. The molecule has 0 aliphatic heterocycles. The standard InChI is InChI=1S/C30H40N2O3/c1-9-30(4,5)24-12-16-27(34-8)23(18-24)19-26-15-17-28(35-26)29(33)32(21(2)3)20-22-10-13-25(14-11-22)31(6)7/h10-18,21H,9,19-20H2,1-8H3. The molecule has 0 atom stereocenters. The van der Waals surface area contributed by atoms with Crippen LogP contribution in [0.4, 0.5) is 5.69 Å².